The van der Waals surface area contributed by atoms with E-state index in [9.17, 15) is 0 Å². The summed E-state index contributed by atoms with van der Waals surface area (Å²) in [6, 6.07) is 8.68. The van der Waals surface area contributed by atoms with Crippen LogP contribution >= 0.6 is 11.6 Å². The van der Waals surface area contributed by atoms with Gasteiger partial charge in [0.05, 0.1) is 0 Å². The maximum atomic E-state index is 6.36. The number of hydrogen-bond donors (Lipinski definition) is 0. The molecule has 0 amide bonds. The molecule has 0 N–H and O–H groups in total. The van der Waals surface area contributed by atoms with Gasteiger partial charge in [-0.1, -0.05) is 18.2 Å². The maximum absolute atomic E-state index is 6.36. The molecule has 0 radical (unpaired) electrons. The Balaban J connectivity index is 1.53. The summed E-state index contributed by atoms with van der Waals surface area (Å²) in [5, 5.41) is 0.425. The van der Waals surface area contributed by atoms with E-state index in [0.717, 1.165) is 18.6 Å². The van der Waals surface area contributed by atoms with Crippen LogP contribution in [0.4, 0.5) is 0 Å². The average molecular weight is 276 g/mol. The molecule has 2 saturated heterocycles. The van der Waals surface area contributed by atoms with Crippen molar-refractivity contribution in [2.45, 2.75) is 69.0 Å². The fraction of sp³-hybridized carbons (Fsp3) is 0.647. The first kappa shape index (κ1) is 12.2. The Hall–Kier alpha value is -0.530. The highest BCUT2D eigenvalue weighted by Gasteiger charge is 2.39. The largest absolute Gasteiger partial charge is 0.293 e. The summed E-state index contributed by atoms with van der Waals surface area (Å²) in [6.07, 6.45) is 9.05. The molecule has 2 heteroatoms. The number of nitrogens with zero attached hydrogens (tertiary/aromatic N) is 1. The summed E-state index contributed by atoms with van der Waals surface area (Å²) in [5.41, 5.74) is 4.72. The van der Waals surface area contributed by atoms with Crippen LogP contribution in [-0.4, -0.2) is 22.4 Å². The molecule has 0 aromatic heterocycles. The van der Waals surface area contributed by atoms with E-state index in [4.69, 9.17) is 11.6 Å². The number of rotatable bonds is 2. The third-order valence-corrected chi connectivity index (χ3v) is 5.71. The molecule has 102 valence electrons. The Bertz CT molecular complexity index is 470. The number of piperidine rings is 1. The molecule has 2 unspecified atom stereocenters. The highest BCUT2D eigenvalue weighted by Crippen LogP contribution is 2.39. The van der Waals surface area contributed by atoms with Crippen LogP contribution in [0.1, 0.15) is 48.8 Å². The predicted molar refractivity (Wildman–Crippen MR) is 79.7 cm³/mol. The standard InChI is InChI=1S/C17H22ClN/c18-15-9-16-6-7-17(10-15)19(16)11-12-4-5-13-2-1-3-14(13)8-12/h4-5,8,15-17H,1-3,6-7,9-11H2. The summed E-state index contributed by atoms with van der Waals surface area (Å²) in [6.45, 7) is 1.15. The molecule has 1 aliphatic carbocycles. The van der Waals surface area contributed by atoms with Crippen molar-refractivity contribution in [3.05, 3.63) is 34.9 Å². The van der Waals surface area contributed by atoms with Crippen molar-refractivity contribution in [2.75, 3.05) is 0 Å². The molecular weight excluding hydrogens is 254 g/mol. The van der Waals surface area contributed by atoms with Crippen LogP contribution in [0.3, 0.4) is 0 Å². The van der Waals surface area contributed by atoms with E-state index < -0.39 is 0 Å². The van der Waals surface area contributed by atoms with Crippen molar-refractivity contribution in [3.8, 4) is 0 Å². The van der Waals surface area contributed by atoms with Gasteiger partial charge in [-0.2, -0.15) is 0 Å². The first-order chi connectivity index (χ1) is 9.29. The van der Waals surface area contributed by atoms with Gasteiger partial charge in [-0.3, -0.25) is 4.90 Å². The first-order valence-electron chi connectivity index (χ1n) is 7.80. The van der Waals surface area contributed by atoms with Crippen molar-refractivity contribution >= 4 is 11.6 Å². The summed E-state index contributed by atoms with van der Waals surface area (Å²) < 4.78 is 0. The lowest BCUT2D eigenvalue weighted by molar-refractivity contribution is 0.134. The van der Waals surface area contributed by atoms with E-state index in [1.807, 2.05) is 0 Å². The molecule has 2 bridgehead atoms. The van der Waals surface area contributed by atoms with E-state index in [1.54, 1.807) is 11.1 Å². The molecule has 1 aromatic carbocycles. The van der Waals surface area contributed by atoms with Gasteiger partial charge >= 0.3 is 0 Å². The minimum absolute atomic E-state index is 0.425. The van der Waals surface area contributed by atoms with Crippen LogP contribution in [0.15, 0.2) is 18.2 Å². The fourth-order valence-corrected chi connectivity index (χ4v) is 4.81. The summed E-state index contributed by atoms with van der Waals surface area (Å²) in [5.74, 6) is 0. The van der Waals surface area contributed by atoms with Crippen LogP contribution in [0.5, 0.6) is 0 Å². The van der Waals surface area contributed by atoms with Crippen LogP contribution < -0.4 is 0 Å². The topological polar surface area (TPSA) is 3.24 Å². The Kier molecular flexibility index (Phi) is 3.08. The van der Waals surface area contributed by atoms with Gasteiger partial charge < -0.3 is 0 Å². The van der Waals surface area contributed by atoms with Gasteiger partial charge in [-0.25, -0.2) is 0 Å². The SMILES string of the molecule is ClC1CC2CCC(C1)N2Cc1ccc2c(c1)CCC2. The lowest BCUT2D eigenvalue weighted by Crippen LogP contribution is -2.42. The van der Waals surface area contributed by atoms with Crippen molar-refractivity contribution in [2.24, 2.45) is 0 Å². The van der Waals surface area contributed by atoms with Gasteiger partial charge in [-0.15, -0.1) is 11.6 Å². The summed E-state index contributed by atoms with van der Waals surface area (Å²) in [4.78, 5) is 2.73. The third-order valence-electron chi connectivity index (χ3n) is 5.35. The molecule has 0 saturated carbocycles. The van der Waals surface area contributed by atoms with Crippen LogP contribution in [0.25, 0.3) is 0 Å². The normalized spacial score (nSPS) is 33.6. The van der Waals surface area contributed by atoms with Crippen LogP contribution in [-0.2, 0) is 19.4 Å². The van der Waals surface area contributed by atoms with Crippen molar-refractivity contribution in [1.82, 2.24) is 4.90 Å². The summed E-state index contributed by atoms with van der Waals surface area (Å²) >= 11 is 6.36. The molecular formula is C17H22ClN. The van der Waals surface area contributed by atoms with E-state index in [0.29, 0.717) is 5.38 Å². The minimum Gasteiger partial charge on any atom is -0.293 e. The molecule has 4 rings (SSSR count). The number of hydrogen-bond acceptors (Lipinski definition) is 1. The summed E-state index contributed by atoms with van der Waals surface area (Å²) in [7, 11) is 0. The van der Waals surface area contributed by atoms with Crippen molar-refractivity contribution in [3.63, 3.8) is 0 Å². The third kappa shape index (κ3) is 2.21. The van der Waals surface area contributed by atoms with Crippen LogP contribution in [0.2, 0.25) is 0 Å². The van der Waals surface area contributed by atoms with Gasteiger partial charge in [0.15, 0.2) is 0 Å². The number of fused-ring (bicyclic) bond motifs is 3. The molecule has 1 nitrogen and oxygen atoms in total. The van der Waals surface area contributed by atoms with Gasteiger partial charge in [0.2, 0.25) is 0 Å². The van der Waals surface area contributed by atoms with Gasteiger partial charge in [0.25, 0.3) is 0 Å². The molecule has 0 spiro atoms. The quantitative estimate of drug-likeness (QED) is 0.740. The molecule has 19 heavy (non-hydrogen) atoms. The van der Waals surface area contributed by atoms with E-state index in [-0.39, 0.29) is 0 Å². The first-order valence-corrected chi connectivity index (χ1v) is 8.24. The molecule has 2 heterocycles. The fourth-order valence-electron chi connectivity index (χ4n) is 4.40. The molecule has 2 fully saturated rings. The van der Waals surface area contributed by atoms with E-state index >= 15 is 0 Å². The predicted octanol–water partition coefficient (Wildman–Crippen LogP) is 3.91. The Labute approximate surface area is 120 Å². The molecule has 2 atom stereocenters. The van der Waals surface area contributed by atoms with Gasteiger partial charge in [-0.05, 0) is 61.6 Å². The molecule has 1 aromatic rings. The second-order valence-corrected chi connectivity index (χ2v) is 7.20. The highest BCUT2D eigenvalue weighted by molar-refractivity contribution is 6.20. The van der Waals surface area contributed by atoms with Gasteiger partial charge in [0, 0.05) is 24.0 Å². The Morgan fingerprint density at radius 3 is 2.58 bits per heavy atom. The van der Waals surface area contributed by atoms with E-state index in [1.165, 1.54) is 50.5 Å². The smallest absolute Gasteiger partial charge is 0.0365 e. The second-order valence-electron chi connectivity index (χ2n) is 6.58. The number of alkyl halides is 1. The maximum Gasteiger partial charge on any atom is 0.0365 e. The monoisotopic (exact) mass is 275 g/mol. The zero-order valence-electron chi connectivity index (χ0n) is 11.4. The minimum atomic E-state index is 0.425. The lowest BCUT2D eigenvalue weighted by Gasteiger charge is -2.37. The second kappa shape index (κ2) is 4.79. The zero-order valence-corrected chi connectivity index (χ0v) is 12.2. The Morgan fingerprint density at radius 2 is 1.79 bits per heavy atom. The van der Waals surface area contributed by atoms with Crippen molar-refractivity contribution in [1.29, 1.82) is 0 Å². The van der Waals surface area contributed by atoms with Crippen LogP contribution in [0, 0.1) is 0 Å². The number of halogens is 1. The number of aryl methyl sites for hydroxylation is 2. The van der Waals surface area contributed by atoms with Gasteiger partial charge in [0.1, 0.15) is 0 Å². The zero-order chi connectivity index (χ0) is 12.8. The molecule has 2 aliphatic heterocycles. The molecule has 3 aliphatic rings. The highest BCUT2D eigenvalue weighted by atomic mass is 35.5. The lowest BCUT2D eigenvalue weighted by atomic mass is 10.00. The van der Waals surface area contributed by atoms with E-state index in [2.05, 4.69) is 23.1 Å². The average Bonchev–Trinajstić information content (AvgIpc) is 2.94. The van der Waals surface area contributed by atoms with Crippen molar-refractivity contribution < 1.29 is 0 Å². The Morgan fingerprint density at radius 1 is 1.05 bits per heavy atom. The number of benzene rings is 1.